The molecule has 108 valence electrons. The molecule has 1 heterocycles. The van der Waals surface area contributed by atoms with Gasteiger partial charge in [-0.2, -0.15) is 13.2 Å². The molecule has 0 atom stereocenters. The summed E-state index contributed by atoms with van der Waals surface area (Å²) in [5.41, 5.74) is 0. The van der Waals surface area contributed by atoms with Crippen molar-refractivity contribution in [3.05, 3.63) is 11.9 Å². The van der Waals surface area contributed by atoms with Crippen molar-refractivity contribution in [3.63, 3.8) is 0 Å². The second-order valence-corrected chi connectivity index (χ2v) is 3.84. The SMILES string of the molecule is CCN(CCCO)c1cc(NC)nc(C(F)(F)F)n1. The van der Waals surface area contributed by atoms with Gasteiger partial charge in [-0.25, -0.2) is 9.97 Å². The zero-order valence-electron chi connectivity index (χ0n) is 10.8. The first-order chi connectivity index (χ1) is 8.92. The molecule has 0 aliphatic heterocycles. The zero-order chi connectivity index (χ0) is 14.5. The molecule has 0 fully saturated rings. The van der Waals surface area contributed by atoms with Crippen molar-refractivity contribution in [2.45, 2.75) is 19.5 Å². The lowest BCUT2D eigenvalue weighted by Gasteiger charge is -2.22. The fourth-order valence-corrected chi connectivity index (χ4v) is 1.55. The van der Waals surface area contributed by atoms with Gasteiger partial charge in [0.15, 0.2) is 0 Å². The molecule has 1 rings (SSSR count). The molecule has 0 aliphatic carbocycles. The van der Waals surface area contributed by atoms with E-state index < -0.39 is 12.0 Å². The van der Waals surface area contributed by atoms with Gasteiger partial charge in [-0.1, -0.05) is 0 Å². The fourth-order valence-electron chi connectivity index (χ4n) is 1.55. The van der Waals surface area contributed by atoms with Gasteiger partial charge in [0, 0.05) is 32.8 Å². The van der Waals surface area contributed by atoms with E-state index >= 15 is 0 Å². The van der Waals surface area contributed by atoms with E-state index in [0.717, 1.165) is 0 Å². The second kappa shape index (κ2) is 6.55. The van der Waals surface area contributed by atoms with Crippen LogP contribution in [0, 0.1) is 0 Å². The highest BCUT2D eigenvalue weighted by molar-refractivity contribution is 5.49. The number of alkyl halides is 3. The molecule has 1 aromatic rings. The average molecular weight is 278 g/mol. The number of anilines is 2. The molecule has 0 bridgehead atoms. The number of hydrogen-bond acceptors (Lipinski definition) is 5. The Kier molecular flexibility index (Phi) is 5.34. The lowest BCUT2D eigenvalue weighted by molar-refractivity contribution is -0.144. The zero-order valence-corrected chi connectivity index (χ0v) is 10.8. The van der Waals surface area contributed by atoms with Gasteiger partial charge in [0.25, 0.3) is 0 Å². The summed E-state index contributed by atoms with van der Waals surface area (Å²) in [6.07, 6.45) is -4.12. The minimum absolute atomic E-state index is 0.0212. The van der Waals surface area contributed by atoms with E-state index in [9.17, 15) is 13.2 Å². The smallest absolute Gasteiger partial charge is 0.396 e. The lowest BCUT2D eigenvalue weighted by Crippen LogP contribution is -2.27. The largest absolute Gasteiger partial charge is 0.451 e. The summed E-state index contributed by atoms with van der Waals surface area (Å²) in [7, 11) is 1.50. The first-order valence-electron chi connectivity index (χ1n) is 5.92. The summed E-state index contributed by atoms with van der Waals surface area (Å²) in [6, 6.07) is 1.45. The Morgan fingerprint density at radius 1 is 1.37 bits per heavy atom. The minimum atomic E-state index is -4.59. The van der Waals surface area contributed by atoms with Crippen molar-refractivity contribution >= 4 is 11.6 Å². The van der Waals surface area contributed by atoms with Crippen LogP contribution in [0.5, 0.6) is 0 Å². The average Bonchev–Trinajstić information content (AvgIpc) is 2.38. The Labute approximate surface area is 109 Å². The van der Waals surface area contributed by atoms with E-state index in [-0.39, 0.29) is 18.2 Å². The van der Waals surface area contributed by atoms with Crippen LogP contribution in [0.25, 0.3) is 0 Å². The van der Waals surface area contributed by atoms with Crippen molar-refractivity contribution in [3.8, 4) is 0 Å². The monoisotopic (exact) mass is 278 g/mol. The van der Waals surface area contributed by atoms with E-state index in [1.54, 1.807) is 4.90 Å². The first-order valence-corrected chi connectivity index (χ1v) is 5.92. The molecule has 1 aromatic heterocycles. The molecule has 0 saturated heterocycles. The molecule has 0 spiro atoms. The summed E-state index contributed by atoms with van der Waals surface area (Å²) < 4.78 is 38.1. The van der Waals surface area contributed by atoms with Crippen LogP contribution < -0.4 is 10.2 Å². The van der Waals surface area contributed by atoms with Crippen LogP contribution in [0.15, 0.2) is 6.07 Å². The Balaban J connectivity index is 3.11. The molecule has 0 amide bonds. The predicted molar refractivity (Wildman–Crippen MR) is 66.2 cm³/mol. The summed E-state index contributed by atoms with van der Waals surface area (Å²) in [5.74, 6) is -0.862. The van der Waals surface area contributed by atoms with Gasteiger partial charge in [0.1, 0.15) is 11.6 Å². The standard InChI is InChI=1S/C11H17F3N4O/c1-3-18(5-4-6-19)9-7-8(15-2)16-10(17-9)11(12,13)14/h7,19H,3-6H2,1-2H3,(H,15,16,17). The van der Waals surface area contributed by atoms with Crippen LogP contribution in [-0.2, 0) is 6.18 Å². The molecule has 5 nitrogen and oxygen atoms in total. The lowest BCUT2D eigenvalue weighted by atomic mass is 10.3. The van der Waals surface area contributed by atoms with Crippen molar-refractivity contribution in [2.24, 2.45) is 0 Å². The quantitative estimate of drug-likeness (QED) is 0.830. The Hall–Kier alpha value is -1.57. The third-order valence-corrected chi connectivity index (χ3v) is 2.51. The van der Waals surface area contributed by atoms with Gasteiger partial charge in [-0.15, -0.1) is 0 Å². The Morgan fingerprint density at radius 3 is 2.53 bits per heavy atom. The number of aliphatic hydroxyl groups excluding tert-OH is 1. The van der Waals surface area contributed by atoms with Crippen LogP contribution in [0.2, 0.25) is 0 Å². The van der Waals surface area contributed by atoms with E-state index in [0.29, 0.717) is 19.5 Å². The molecular weight excluding hydrogens is 261 g/mol. The molecule has 8 heteroatoms. The normalized spacial score (nSPS) is 11.5. The Morgan fingerprint density at radius 2 is 2.05 bits per heavy atom. The molecule has 0 aromatic carbocycles. The van der Waals surface area contributed by atoms with Crippen LogP contribution in [0.3, 0.4) is 0 Å². The third kappa shape index (κ3) is 4.23. The number of halogens is 3. The van der Waals surface area contributed by atoms with Crippen LogP contribution in [0.4, 0.5) is 24.8 Å². The van der Waals surface area contributed by atoms with Gasteiger partial charge in [-0.3, -0.25) is 0 Å². The van der Waals surface area contributed by atoms with E-state index in [1.807, 2.05) is 6.92 Å². The van der Waals surface area contributed by atoms with Crippen LogP contribution in [-0.4, -0.2) is 41.8 Å². The molecular formula is C11H17F3N4O. The van der Waals surface area contributed by atoms with Crippen molar-refractivity contribution in [1.82, 2.24) is 9.97 Å². The third-order valence-electron chi connectivity index (χ3n) is 2.51. The van der Waals surface area contributed by atoms with Crippen molar-refractivity contribution in [2.75, 3.05) is 37.0 Å². The fraction of sp³-hybridized carbons (Fsp3) is 0.636. The highest BCUT2D eigenvalue weighted by Gasteiger charge is 2.35. The summed E-state index contributed by atoms with van der Waals surface area (Å²) in [6.45, 7) is 2.72. The van der Waals surface area contributed by atoms with Gasteiger partial charge in [0.05, 0.1) is 0 Å². The summed E-state index contributed by atoms with van der Waals surface area (Å²) in [5, 5.41) is 11.4. The number of aromatic nitrogens is 2. The van der Waals surface area contributed by atoms with Crippen molar-refractivity contribution in [1.29, 1.82) is 0 Å². The maximum absolute atomic E-state index is 12.7. The Bertz CT molecular complexity index is 411. The molecule has 0 saturated carbocycles. The maximum Gasteiger partial charge on any atom is 0.451 e. The topological polar surface area (TPSA) is 61.3 Å². The number of aliphatic hydroxyl groups is 1. The first kappa shape index (κ1) is 15.5. The summed E-state index contributed by atoms with van der Waals surface area (Å²) in [4.78, 5) is 8.60. The minimum Gasteiger partial charge on any atom is -0.396 e. The van der Waals surface area contributed by atoms with E-state index in [4.69, 9.17) is 5.11 Å². The number of rotatable bonds is 6. The maximum atomic E-state index is 12.7. The van der Waals surface area contributed by atoms with Gasteiger partial charge in [-0.05, 0) is 13.3 Å². The van der Waals surface area contributed by atoms with Crippen LogP contribution in [0.1, 0.15) is 19.2 Å². The number of nitrogens with zero attached hydrogens (tertiary/aromatic N) is 3. The predicted octanol–water partition coefficient (Wildman–Crippen LogP) is 1.75. The highest BCUT2D eigenvalue weighted by Crippen LogP contribution is 2.29. The number of hydrogen-bond donors (Lipinski definition) is 2. The molecule has 2 N–H and O–H groups in total. The second-order valence-electron chi connectivity index (χ2n) is 3.84. The number of nitrogens with one attached hydrogen (secondary N) is 1. The molecule has 0 unspecified atom stereocenters. The van der Waals surface area contributed by atoms with E-state index in [1.165, 1.54) is 13.1 Å². The van der Waals surface area contributed by atoms with Gasteiger partial charge >= 0.3 is 6.18 Å². The highest BCUT2D eigenvalue weighted by atomic mass is 19.4. The van der Waals surface area contributed by atoms with E-state index in [2.05, 4.69) is 15.3 Å². The van der Waals surface area contributed by atoms with Crippen LogP contribution >= 0.6 is 0 Å². The van der Waals surface area contributed by atoms with Gasteiger partial charge in [0.2, 0.25) is 5.82 Å². The summed E-state index contributed by atoms with van der Waals surface area (Å²) >= 11 is 0. The van der Waals surface area contributed by atoms with Gasteiger partial charge < -0.3 is 15.3 Å². The van der Waals surface area contributed by atoms with Crippen molar-refractivity contribution < 1.29 is 18.3 Å². The molecule has 0 radical (unpaired) electrons. The molecule has 19 heavy (non-hydrogen) atoms. The molecule has 0 aliphatic rings.